The van der Waals surface area contributed by atoms with Crippen LogP contribution in [0.15, 0.2) is 58.5 Å². The lowest BCUT2D eigenvalue weighted by Gasteiger charge is -2.16. The van der Waals surface area contributed by atoms with Crippen molar-refractivity contribution in [2.24, 2.45) is 0 Å². The third-order valence-electron chi connectivity index (χ3n) is 4.44. The molecule has 2 aromatic carbocycles. The van der Waals surface area contributed by atoms with E-state index in [0.717, 1.165) is 0 Å². The fraction of sp³-hybridized carbons (Fsp3) is 0.318. The predicted octanol–water partition coefficient (Wildman–Crippen LogP) is 4.60. The average molecular weight is 446 g/mol. The van der Waals surface area contributed by atoms with Crippen molar-refractivity contribution in [2.75, 3.05) is 18.5 Å². The molecule has 8 heteroatoms. The Morgan fingerprint density at radius 3 is 2.83 bits per heavy atom. The van der Waals surface area contributed by atoms with Crippen molar-refractivity contribution in [1.82, 2.24) is 9.55 Å². The predicted molar refractivity (Wildman–Crippen MR) is 123 cm³/mol. The number of rotatable bonds is 9. The van der Waals surface area contributed by atoms with Crippen LogP contribution in [0.25, 0.3) is 10.9 Å². The first-order valence-electron chi connectivity index (χ1n) is 9.80. The molecule has 1 aromatic heterocycles. The van der Waals surface area contributed by atoms with Crippen LogP contribution in [0.5, 0.6) is 0 Å². The molecule has 0 spiro atoms. The summed E-state index contributed by atoms with van der Waals surface area (Å²) in [4.78, 5) is 30.4. The standard InChI is InChI=1S/C22H24ClN3O3S/c1-3-29-13-7-12-26-21(28)18-10-4-5-11-19(18)25-22(26)30-15(2)20(27)24-17-9-6-8-16(23)14-17/h4-6,8-11,14-15H,3,7,12-13H2,1-2H3,(H,24,27). The van der Waals surface area contributed by atoms with Gasteiger partial charge in [0.05, 0.1) is 16.2 Å². The van der Waals surface area contributed by atoms with Crippen molar-refractivity contribution in [1.29, 1.82) is 0 Å². The number of thioether (sulfide) groups is 1. The summed E-state index contributed by atoms with van der Waals surface area (Å²) in [7, 11) is 0. The van der Waals surface area contributed by atoms with Crippen LogP contribution in [0.2, 0.25) is 5.02 Å². The number of hydrogen-bond donors (Lipinski definition) is 1. The normalized spacial score (nSPS) is 12.1. The topological polar surface area (TPSA) is 73.2 Å². The maximum absolute atomic E-state index is 13.0. The minimum absolute atomic E-state index is 0.109. The van der Waals surface area contributed by atoms with Gasteiger partial charge in [0.1, 0.15) is 0 Å². The maximum Gasteiger partial charge on any atom is 0.262 e. The van der Waals surface area contributed by atoms with Crippen molar-refractivity contribution in [3.05, 3.63) is 63.9 Å². The summed E-state index contributed by atoms with van der Waals surface area (Å²) in [5.74, 6) is -0.189. The van der Waals surface area contributed by atoms with E-state index in [2.05, 4.69) is 10.3 Å². The van der Waals surface area contributed by atoms with Gasteiger partial charge in [-0.1, -0.05) is 41.6 Å². The van der Waals surface area contributed by atoms with Crippen molar-refractivity contribution in [2.45, 2.75) is 37.2 Å². The fourth-order valence-electron chi connectivity index (χ4n) is 2.93. The lowest BCUT2D eigenvalue weighted by Crippen LogP contribution is -2.27. The molecule has 0 radical (unpaired) electrons. The van der Waals surface area contributed by atoms with E-state index in [1.165, 1.54) is 11.8 Å². The number of nitrogens with one attached hydrogen (secondary N) is 1. The van der Waals surface area contributed by atoms with E-state index in [0.29, 0.717) is 52.9 Å². The van der Waals surface area contributed by atoms with Crippen LogP contribution in [0.1, 0.15) is 20.3 Å². The van der Waals surface area contributed by atoms with E-state index in [9.17, 15) is 9.59 Å². The third-order valence-corrected chi connectivity index (χ3v) is 5.77. The zero-order chi connectivity index (χ0) is 21.5. The van der Waals surface area contributed by atoms with Gasteiger partial charge >= 0.3 is 0 Å². The molecule has 0 bridgehead atoms. The lowest BCUT2D eigenvalue weighted by atomic mass is 10.2. The molecule has 1 unspecified atom stereocenters. The number of carbonyl (C=O) groups excluding carboxylic acids is 1. The van der Waals surface area contributed by atoms with Gasteiger partial charge in [-0.05, 0) is 50.6 Å². The van der Waals surface area contributed by atoms with Crippen molar-refractivity contribution >= 4 is 45.9 Å². The van der Waals surface area contributed by atoms with Gasteiger partial charge in [-0.15, -0.1) is 0 Å². The quantitative estimate of drug-likeness (QED) is 0.296. The summed E-state index contributed by atoms with van der Waals surface area (Å²) in [5.41, 5.74) is 1.14. The second kappa shape index (κ2) is 10.6. The highest BCUT2D eigenvalue weighted by atomic mass is 35.5. The zero-order valence-corrected chi connectivity index (χ0v) is 18.5. The van der Waals surface area contributed by atoms with Gasteiger partial charge in [0.25, 0.3) is 5.56 Å². The van der Waals surface area contributed by atoms with Crippen molar-refractivity contribution in [3.63, 3.8) is 0 Å². The van der Waals surface area contributed by atoms with Gasteiger partial charge in [-0.25, -0.2) is 4.98 Å². The maximum atomic E-state index is 13.0. The summed E-state index contributed by atoms with van der Waals surface area (Å²) < 4.78 is 7.03. The van der Waals surface area contributed by atoms with Gasteiger partial charge in [0, 0.05) is 30.5 Å². The van der Waals surface area contributed by atoms with E-state index in [-0.39, 0.29) is 11.5 Å². The molecule has 6 nitrogen and oxygen atoms in total. The average Bonchev–Trinajstić information content (AvgIpc) is 2.73. The first-order chi connectivity index (χ1) is 14.5. The van der Waals surface area contributed by atoms with Gasteiger partial charge in [-0.2, -0.15) is 0 Å². The summed E-state index contributed by atoms with van der Waals surface area (Å²) >= 11 is 7.25. The number of nitrogens with zero attached hydrogens (tertiary/aromatic N) is 2. The smallest absolute Gasteiger partial charge is 0.262 e. The Labute approximate surface area is 184 Å². The summed E-state index contributed by atoms with van der Waals surface area (Å²) in [5, 5.41) is 4.02. The van der Waals surface area contributed by atoms with Gasteiger partial charge in [0.2, 0.25) is 5.91 Å². The number of para-hydroxylation sites is 1. The highest BCUT2D eigenvalue weighted by molar-refractivity contribution is 8.00. The van der Waals surface area contributed by atoms with E-state index < -0.39 is 5.25 Å². The van der Waals surface area contributed by atoms with Crippen LogP contribution >= 0.6 is 23.4 Å². The van der Waals surface area contributed by atoms with Crippen LogP contribution in [0.3, 0.4) is 0 Å². The molecule has 158 valence electrons. The molecular formula is C22H24ClN3O3S. The Kier molecular flexibility index (Phi) is 7.90. The van der Waals surface area contributed by atoms with Crippen LogP contribution in [-0.4, -0.2) is 33.9 Å². The lowest BCUT2D eigenvalue weighted by molar-refractivity contribution is -0.115. The first-order valence-corrected chi connectivity index (χ1v) is 11.1. The molecule has 1 heterocycles. The third kappa shape index (κ3) is 5.62. The summed E-state index contributed by atoms with van der Waals surface area (Å²) in [6.07, 6.45) is 0.685. The number of benzene rings is 2. The molecule has 1 atom stereocenters. The Hall–Kier alpha value is -2.35. The molecular weight excluding hydrogens is 422 g/mol. The summed E-state index contributed by atoms with van der Waals surface area (Å²) in [6.45, 7) is 5.39. The number of fused-ring (bicyclic) bond motifs is 1. The number of aromatic nitrogens is 2. The van der Waals surface area contributed by atoms with E-state index in [4.69, 9.17) is 16.3 Å². The molecule has 0 aliphatic rings. The monoisotopic (exact) mass is 445 g/mol. The molecule has 0 saturated carbocycles. The van der Waals surface area contributed by atoms with Crippen LogP contribution in [0.4, 0.5) is 5.69 Å². The van der Waals surface area contributed by atoms with Crippen LogP contribution in [0, 0.1) is 0 Å². The number of carbonyl (C=O) groups is 1. The molecule has 0 fully saturated rings. The first kappa shape index (κ1) is 22.3. The fourth-order valence-corrected chi connectivity index (χ4v) is 4.05. The minimum atomic E-state index is -0.463. The molecule has 0 aliphatic heterocycles. The Morgan fingerprint density at radius 1 is 1.27 bits per heavy atom. The highest BCUT2D eigenvalue weighted by Gasteiger charge is 2.19. The van der Waals surface area contributed by atoms with Gasteiger partial charge < -0.3 is 10.1 Å². The molecule has 1 amide bonds. The van der Waals surface area contributed by atoms with Gasteiger partial charge in [0.15, 0.2) is 5.16 Å². The van der Waals surface area contributed by atoms with E-state index in [1.54, 1.807) is 41.8 Å². The van der Waals surface area contributed by atoms with Gasteiger partial charge in [-0.3, -0.25) is 14.2 Å². The minimum Gasteiger partial charge on any atom is -0.382 e. The second-order valence-electron chi connectivity index (χ2n) is 6.68. The largest absolute Gasteiger partial charge is 0.382 e. The Morgan fingerprint density at radius 2 is 2.07 bits per heavy atom. The van der Waals surface area contributed by atoms with Crippen LogP contribution in [-0.2, 0) is 16.1 Å². The molecule has 1 N–H and O–H groups in total. The number of amides is 1. The van der Waals surface area contributed by atoms with Crippen LogP contribution < -0.4 is 10.9 Å². The second-order valence-corrected chi connectivity index (χ2v) is 8.42. The molecule has 0 aliphatic carbocycles. The molecule has 3 aromatic rings. The highest BCUT2D eigenvalue weighted by Crippen LogP contribution is 2.24. The number of ether oxygens (including phenoxy) is 1. The zero-order valence-electron chi connectivity index (χ0n) is 16.9. The number of hydrogen-bond acceptors (Lipinski definition) is 5. The number of anilines is 1. The van der Waals surface area contributed by atoms with Crippen molar-refractivity contribution in [3.8, 4) is 0 Å². The van der Waals surface area contributed by atoms with Crippen molar-refractivity contribution < 1.29 is 9.53 Å². The van der Waals surface area contributed by atoms with E-state index >= 15 is 0 Å². The molecule has 30 heavy (non-hydrogen) atoms. The molecule has 0 saturated heterocycles. The molecule has 3 rings (SSSR count). The summed E-state index contributed by atoms with van der Waals surface area (Å²) in [6, 6.07) is 14.2. The Balaban J connectivity index is 1.83. The van der Waals surface area contributed by atoms with E-state index in [1.807, 2.05) is 25.1 Å². The number of halogens is 1. The Bertz CT molecular complexity index is 1090. The SMILES string of the molecule is CCOCCCn1c(SC(C)C(=O)Nc2cccc(Cl)c2)nc2ccccc2c1=O.